The Labute approximate surface area is 148 Å². The van der Waals surface area contributed by atoms with Gasteiger partial charge in [-0.1, -0.05) is 51.9 Å². The predicted octanol–water partition coefficient (Wildman–Crippen LogP) is 5.15. The van der Waals surface area contributed by atoms with E-state index in [1.165, 1.54) is 44.9 Å². The molecule has 0 aliphatic rings. The summed E-state index contributed by atoms with van der Waals surface area (Å²) >= 11 is 0. The Morgan fingerprint density at radius 3 is 1.79 bits per heavy atom. The minimum absolute atomic E-state index is 0.0154. The molecule has 1 atom stereocenters. The van der Waals surface area contributed by atoms with Gasteiger partial charge in [-0.25, -0.2) is 0 Å². The van der Waals surface area contributed by atoms with Crippen molar-refractivity contribution < 1.29 is 18.9 Å². The van der Waals surface area contributed by atoms with E-state index >= 15 is 0 Å². The molecule has 0 N–H and O–H groups in total. The van der Waals surface area contributed by atoms with Crippen LogP contribution in [0.5, 0.6) is 0 Å². The molecule has 0 radical (unpaired) electrons. The van der Waals surface area contributed by atoms with E-state index in [2.05, 4.69) is 6.92 Å². The first-order chi connectivity index (χ1) is 11.7. The number of ether oxygens (including phenoxy) is 4. The maximum Gasteiger partial charge on any atom is 0.286 e. The molecule has 0 heterocycles. The monoisotopic (exact) mass is 343 g/mol. The molecular formula is C19H37NO4. The van der Waals surface area contributed by atoms with Gasteiger partial charge in [0.25, 0.3) is 12.2 Å². The van der Waals surface area contributed by atoms with Crippen molar-refractivity contribution in [3.63, 3.8) is 0 Å². The van der Waals surface area contributed by atoms with Crippen molar-refractivity contribution in [2.75, 3.05) is 21.3 Å². The summed E-state index contributed by atoms with van der Waals surface area (Å²) in [6, 6.07) is 0. The maximum atomic E-state index is 8.81. The zero-order valence-corrected chi connectivity index (χ0v) is 16.1. The molecule has 0 aromatic rings. The summed E-state index contributed by atoms with van der Waals surface area (Å²) in [5.74, 6) is -0.990. The molecule has 1 unspecified atom stereocenters. The Morgan fingerprint density at radius 2 is 1.29 bits per heavy atom. The van der Waals surface area contributed by atoms with Gasteiger partial charge in [-0.2, -0.15) is 5.26 Å². The normalized spacial score (nSPS) is 12.8. The highest BCUT2D eigenvalue weighted by Gasteiger charge is 2.29. The molecule has 0 saturated carbocycles. The molecule has 0 aliphatic carbocycles. The van der Waals surface area contributed by atoms with Crippen molar-refractivity contribution in [1.82, 2.24) is 0 Å². The average molecular weight is 344 g/mol. The number of unbranched alkanes of at least 4 members (excludes halogenated alkanes) is 7. The van der Waals surface area contributed by atoms with Crippen LogP contribution in [0.3, 0.4) is 0 Å². The first-order valence-corrected chi connectivity index (χ1v) is 9.38. The Balaban J connectivity index is 3.87. The van der Waals surface area contributed by atoms with Gasteiger partial charge < -0.3 is 18.9 Å². The lowest BCUT2D eigenvalue weighted by atomic mass is 10.0. The number of methoxy groups -OCH3 is 3. The Hall–Kier alpha value is -0.830. The fourth-order valence-corrected chi connectivity index (χ4v) is 2.95. The third kappa shape index (κ3) is 10.9. The maximum absolute atomic E-state index is 8.81. The third-order valence-electron chi connectivity index (χ3n) is 4.54. The fourth-order valence-electron chi connectivity index (χ4n) is 2.95. The summed E-state index contributed by atoms with van der Waals surface area (Å²) in [6.45, 7) is 2.24. The summed E-state index contributed by atoms with van der Waals surface area (Å²) < 4.78 is 21.0. The summed E-state index contributed by atoms with van der Waals surface area (Å²) in [5, 5.41) is 8.81. The van der Waals surface area contributed by atoms with E-state index in [1.807, 2.05) is 6.26 Å². The molecule has 0 rings (SSSR count). The van der Waals surface area contributed by atoms with Gasteiger partial charge in [0.2, 0.25) is 0 Å². The highest BCUT2D eigenvalue weighted by atomic mass is 16.9. The number of nitrogens with zero attached hydrogens (tertiary/aromatic N) is 1. The van der Waals surface area contributed by atoms with Crippen LogP contribution in [0.25, 0.3) is 0 Å². The van der Waals surface area contributed by atoms with E-state index in [9.17, 15) is 0 Å². The van der Waals surface area contributed by atoms with Crippen LogP contribution in [0.4, 0.5) is 0 Å². The molecule has 5 nitrogen and oxygen atoms in total. The van der Waals surface area contributed by atoms with Crippen LogP contribution in [0.2, 0.25) is 0 Å². The zero-order chi connectivity index (χ0) is 18.1. The Morgan fingerprint density at radius 1 is 0.792 bits per heavy atom. The molecular weight excluding hydrogens is 306 g/mol. The highest BCUT2D eigenvalue weighted by Crippen LogP contribution is 2.22. The van der Waals surface area contributed by atoms with Gasteiger partial charge in [-0.15, -0.1) is 0 Å². The zero-order valence-electron chi connectivity index (χ0n) is 16.1. The number of nitriles is 1. The van der Waals surface area contributed by atoms with E-state index < -0.39 is 5.97 Å². The molecule has 0 aromatic heterocycles. The van der Waals surface area contributed by atoms with Crippen LogP contribution in [0, 0.1) is 11.5 Å². The summed E-state index contributed by atoms with van der Waals surface area (Å²) in [6.07, 6.45) is 15.3. The second-order valence-electron chi connectivity index (χ2n) is 6.28. The lowest BCUT2D eigenvalue weighted by Gasteiger charge is -2.29. The number of hydrogen-bond donors (Lipinski definition) is 0. The number of rotatable bonds is 17. The number of hydrogen-bond acceptors (Lipinski definition) is 5. The molecule has 0 spiro atoms. The second-order valence-corrected chi connectivity index (χ2v) is 6.28. The Bertz CT molecular complexity index is 305. The fraction of sp³-hybridized carbons (Fsp3) is 0.947. The van der Waals surface area contributed by atoms with Crippen molar-refractivity contribution in [3.8, 4) is 6.26 Å². The quantitative estimate of drug-likeness (QED) is 0.208. The summed E-state index contributed by atoms with van der Waals surface area (Å²) in [4.78, 5) is 0. The second kappa shape index (κ2) is 15.7. The molecule has 5 heteroatoms. The standard InChI is InChI=1S/C19H37NO4/c1-5-6-7-8-9-10-11-12-14-18(24-17-20)15-13-16-19(21-2,22-3)23-4/h18H,5-16H2,1-4H3. The molecule has 24 heavy (non-hydrogen) atoms. The molecule has 0 aliphatic heterocycles. The van der Waals surface area contributed by atoms with Crippen molar-refractivity contribution in [3.05, 3.63) is 0 Å². The van der Waals surface area contributed by atoms with Gasteiger partial charge in [0, 0.05) is 27.8 Å². The minimum atomic E-state index is -0.990. The first-order valence-electron chi connectivity index (χ1n) is 9.38. The summed E-state index contributed by atoms with van der Waals surface area (Å²) in [7, 11) is 4.70. The van der Waals surface area contributed by atoms with Gasteiger partial charge in [0.1, 0.15) is 6.10 Å². The Kier molecular flexibility index (Phi) is 15.1. The highest BCUT2D eigenvalue weighted by molar-refractivity contribution is 4.66. The molecule has 0 aromatic carbocycles. The van der Waals surface area contributed by atoms with Gasteiger partial charge in [0.15, 0.2) is 0 Å². The summed E-state index contributed by atoms with van der Waals surface area (Å²) in [5.41, 5.74) is 0. The minimum Gasteiger partial charge on any atom is -0.424 e. The van der Waals surface area contributed by atoms with Crippen LogP contribution in [0.1, 0.15) is 84.0 Å². The smallest absolute Gasteiger partial charge is 0.286 e. The van der Waals surface area contributed by atoms with E-state index in [-0.39, 0.29) is 6.10 Å². The van der Waals surface area contributed by atoms with E-state index in [0.29, 0.717) is 6.42 Å². The van der Waals surface area contributed by atoms with E-state index in [4.69, 9.17) is 24.2 Å². The van der Waals surface area contributed by atoms with Crippen LogP contribution >= 0.6 is 0 Å². The van der Waals surface area contributed by atoms with Crippen molar-refractivity contribution in [1.29, 1.82) is 5.26 Å². The van der Waals surface area contributed by atoms with Crippen molar-refractivity contribution in [2.24, 2.45) is 0 Å². The van der Waals surface area contributed by atoms with Gasteiger partial charge in [0.05, 0.1) is 0 Å². The van der Waals surface area contributed by atoms with Crippen LogP contribution < -0.4 is 0 Å². The van der Waals surface area contributed by atoms with Gasteiger partial charge in [-0.05, 0) is 25.7 Å². The predicted molar refractivity (Wildman–Crippen MR) is 95.3 cm³/mol. The topological polar surface area (TPSA) is 60.7 Å². The molecule has 0 bridgehead atoms. The lowest BCUT2D eigenvalue weighted by molar-refractivity contribution is -0.355. The van der Waals surface area contributed by atoms with Crippen molar-refractivity contribution >= 4 is 0 Å². The van der Waals surface area contributed by atoms with Crippen LogP contribution in [0.15, 0.2) is 0 Å². The van der Waals surface area contributed by atoms with Crippen molar-refractivity contribution in [2.45, 2.75) is 96.1 Å². The van der Waals surface area contributed by atoms with E-state index in [1.54, 1.807) is 21.3 Å². The third-order valence-corrected chi connectivity index (χ3v) is 4.54. The SMILES string of the molecule is CCCCCCCCCCC(CCCC(OC)(OC)OC)OC#N. The molecule has 0 amide bonds. The molecule has 0 fully saturated rings. The molecule has 142 valence electrons. The lowest BCUT2D eigenvalue weighted by Crippen LogP contribution is -2.36. The largest absolute Gasteiger partial charge is 0.424 e. The van der Waals surface area contributed by atoms with Crippen LogP contribution in [-0.4, -0.2) is 33.4 Å². The molecule has 0 saturated heterocycles. The van der Waals surface area contributed by atoms with Crippen LogP contribution in [-0.2, 0) is 18.9 Å². The average Bonchev–Trinajstić information content (AvgIpc) is 2.61. The van der Waals surface area contributed by atoms with Gasteiger partial charge >= 0.3 is 0 Å². The van der Waals surface area contributed by atoms with Gasteiger partial charge in [-0.3, -0.25) is 0 Å². The first kappa shape index (κ1) is 23.2. The van der Waals surface area contributed by atoms with E-state index in [0.717, 1.165) is 25.7 Å².